The predicted octanol–water partition coefficient (Wildman–Crippen LogP) is 2.81. The van der Waals surface area contributed by atoms with Gasteiger partial charge in [-0.2, -0.15) is 0 Å². The van der Waals surface area contributed by atoms with Gasteiger partial charge >= 0.3 is 5.63 Å². The molecule has 0 atom stereocenters. The van der Waals surface area contributed by atoms with Crippen LogP contribution in [0.2, 0.25) is 0 Å². The van der Waals surface area contributed by atoms with Gasteiger partial charge in [-0.25, -0.2) is 9.18 Å². The van der Waals surface area contributed by atoms with Crippen molar-refractivity contribution in [1.82, 2.24) is 5.32 Å². The molecule has 0 spiro atoms. The molecule has 0 aliphatic carbocycles. The highest BCUT2D eigenvalue weighted by Gasteiger charge is 2.15. The Kier molecular flexibility index (Phi) is 4.52. The Hall–Kier alpha value is -3.15. The molecule has 6 heteroatoms. The van der Waals surface area contributed by atoms with Gasteiger partial charge in [0.05, 0.1) is 12.0 Å². The number of aromatic hydroxyl groups is 1. The van der Waals surface area contributed by atoms with Gasteiger partial charge in [0, 0.05) is 18.0 Å². The molecular weight excluding hydrogens is 325 g/mol. The van der Waals surface area contributed by atoms with E-state index >= 15 is 0 Å². The molecule has 0 saturated carbocycles. The molecule has 2 N–H and O–H groups in total. The SMILES string of the molecule is Cc1c(CC(=O)NCc2ccc(F)cc2)c(=O)oc2cc(O)ccc12. The Bertz CT molecular complexity index is 993. The zero-order valence-electron chi connectivity index (χ0n) is 13.5. The first-order valence-corrected chi connectivity index (χ1v) is 7.70. The predicted molar refractivity (Wildman–Crippen MR) is 90.8 cm³/mol. The summed E-state index contributed by atoms with van der Waals surface area (Å²) < 4.78 is 18.1. The van der Waals surface area contributed by atoms with Crippen molar-refractivity contribution < 1.29 is 18.7 Å². The molecule has 5 nitrogen and oxygen atoms in total. The minimum Gasteiger partial charge on any atom is -0.508 e. The Balaban J connectivity index is 1.77. The van der Waals surface area contributed by atoms with Crippen LogP contribution in [-0.2, 0) is 17.8 Å². The Morgan fingerprint density at radius 1 is 1.20 bits per heavy atom. The summed E-state index contributed by atoms with van der Waals surface area (Å²) in [6.07, 6.45) is -0.119. The molecular formula is C19H16FNO4. The molecule has 2 aromatic carbocycles. The van der Waals surface area contributed by atoms with Gasteiger partial charge in [-0.1, -0.05) is 12.1 Å². The summed E-state index contributed by atoms with van der Waals surface area (Å²) in [7, 11) is 0. The number of hydrogen-bond donors (Lipinski definition) is 2. The molecule has 1 aromatic heterocycles. The summed E-state index contributed by atoms with van der Waals surface area (Å²) in [6.45, 7) is 1.98. The van der Waals surface area contributed by atoms with Crippen LogP contribution in [0, 0.1) is 12.7 Å². The van der Waals surface area contributed by atoms with Gasteiger partial charge in [0.15, 0.2) is 0 Å². The number of hydrogen-bond acceptors (Lipinski definition) is 4. The molecule has 25 heavy (non-hydrogen) atoms. The van der Waals surface area contributed by atoms with Crippen molar-refractivity contribution in [2.75, 3.05) is 0 Å². The van der Waals surface area contributed by atoms with Gasteiger partial charge in [-0.05, 0) is 42.3 Å². The molecule has 1 heterocycles. The third kappa shape index (κ3) is 3.68. The van der Waals surface area contributed by atoms with Crippen LogP contribution >= 0.6 is 0 Å². The summed E-state index contributed by atoms with van der Waals surface area (Å²) in [6, 6.07) is 10.3. The maximum Gasteiger partial charge on any atom is 0.340 e. The van der Waals surface area contributed by atoms with E-state index in [2.05, 4.69) is 5.32 Å². The van der Waals surface area contributed by atoms with Crippen molar-refractivity contribution in [3.05, 3.63) is 75.4 Å². The average Bonchev–Trinajstić information content (AvgIpc) is 2.58. The summed E-state index contributed by atoms with van der Waals surface area (Å²) in [5, 5.41) is 12.8. The monoisotopic (exact) mass is 341 g/mol. The van der Waals surface area contributed by atoms with Crippen molar-refractivity contribution in [2.24, 2.45) is 0 Å². The van der Waals surface area contributed by atoms with Crippen molar-refractivity contribution in [1.29, 1.82) is 0 Å². The van der Waals surface area contributed by atoms with Crippen LogP contribution in [0.1, 0.15) is 16.7 Å². The van der Waals surface area contributed by atoms with E-state index in [4.69, 9.17) is 4.42 Å². The van der Waals surface area contributed by atoms with Crippen molar-refractivity contribution in [3.63, 3.8) is 0 Å². The summed E-state index contributed by atoms with van der Waals surface area (Å²) in [4.78, 5) is 24.3. The van der Waals surface area contributed by atoms with Crippen molar-refractivity contribution in [3.8, 4) is 5.75 Å². The number of rotatable bonds is 4. The fraction of sp³-hybridized carbons (Fsp3) is 0.158. The quantitative estimate of drug-likeness (QED) is 0.715. The van der Waals surface area contributed by atoms with Gasteiger partial charge in [0.2, 0.25) is 5.91 Å². The van der Waals surface area contributed by atoms with Crippen molar-refractivity contribution in [2.45, 2.75) is 19.9 Å². The number of halogens is 1. The van der Waals surface area contributed by atoms with Crippen LogP contribution in [0.15, 0.2) is 51.7 Å². The van der Waals surface area contributed by atoms with Gasteiger partial charge < -0.3 is 14.8 Å². The first kappa shape index (κ1) is 16.7. The molecule has 0 aliphatic rings. The molecule has 0 bridgehead atoms. The molecule has 3 aromatic rings. The number of amides is 1. The first-order chi connectivity index (χ1) is 11.9. The topological polar surface area (TPSA) is 79.5 Å². The van der Waals surface area contributed by atoms with Crippen LogP contribution in [0.5, 0.6) is 5.75 Å². The van der Waals surface area contributed by atoms with Crippen LogP contribution < -0.4 is 10.9 Å². The average molecular weight is 341 g/mol. The van der Waals surface area contributed by atoms with Gasteiger partial charge in [-0.15, -0.1) is 0 Å². The lowest BCUT2D eigenvalue weighted by Gasteiger charge is -2.09. The van der Waals surface area contributed by atoms with E-state index in [1.807, 2.05) is 0 Å². The molecule has 0 saturated heterocycles. The first-order valence-electron chi connectivity index (χ1n) is 7.70. The van der Waals surface area contributed by atoms with E-state index in [1.165, 1.54) is 24.3 Å². The van der Waals surface area contributed by atoms with E-state index < -0.39 is 5.63 Å². The van der Waals surface area contributed by atoms with E-state index in [0.29, 0.717) is 10.9 Å². The Labute approximate surface area is 142 Å². The van der Waals surface area contributed by atoms with Gasteiger partial charge in [0.25, 0.3) is 0 Å². The lowest BCUT2D eigenvalue weighted by Crippen LogP contribution is -2.27. The third-order valence-corrected chi connectivity index (χ3v) is 4.01. The molecule has 0 aliphatic heterocycles. The van der Waals surface area contributed by atoms with E-state index in [-0.39, 0.29) is 41.6 Å². The van der Waals surface area contributed by atoms with Crippen LogP contribution in [0.25, 0.3) is 11.0 Å². The fourth-order valence-corrected chi connectivity index (χ4v) is 2.61. The largest absolute Gasteiger partial charge is 0.508 e. The van der Waals surface area contributed by atoms with E-state index in [9.17, 15) is 19.1 Å². The van der Waals surface area contributed by atoms with Crippen LogP contribution in [-0.4, -0.2) is 11.0 Å². The number of phenolic OH excluding ortho intramolecular Hbond substituents is 1. The van der Waals surface area contributed by atoms with Crippen molar-refractivity contribution >= 4 is 16.9 Å². The maximum atomic E-state index is 12.9. The van der Waals surface area contributed by atoms with Crippen LogP contribution in [0.4, 0.5) is 4.39 Å². The lowest BCUT2D eigenvalue weighted by molar-refractivity contribution is -0.120. The zero-order valence-corrected chi connectivity index (χ0v) is 13.5. The number of aryl methyl sites for hydroxylation is 1. The second-order valence-electron chi connectivity index (χ2n) is 5.75. The summed E-state index contributed by atoms with van der Waals surface area (Å²) in [5.74, 6) is -0.678. The second kappa shape index (κ2) is 6.76. The minimum atomic E-state index is -0.604. The Morgan fingerprint density at radius 2 is 1.92 bits per heavy atom. The van der Waals surface area contributed by atoms with Gasteiger partial charge in [-0.3, -0.25) is 4.79 Å². The molecule has 0 fully saturated rings. The molecule has 3 rings (SSSR count). The Morgan fingerprint density at radius 3 is 2.64 bits per heavy atom. The fourth-order valence-electron chi connectivity index (χ4n) is 2.61. The minimum absolute atomic E-state index is 0.000147. The highest BCUT2D eigenvalue weighted by molar-refractivity contribution is 5.85. The molecule has 0 radical (unpaired) electrons. The number of nitrogens with one attached hydrogen (secondary N) is 1. The van der Waals surface area contributed by atoms with E-state index in [1.54, 1.807) is 25.1 Å². The molecule has 128 valence electrons. The smallest absolute Gasteiger partial charge is 0.340 e. The lowest BCUT2D eigenvalue weighted by atomic mass is 10.0. The van der Waals surface area contributed by atoms with Gasteiger partial charge in [0.1, 0.15) is 17.1 Å². The third-order valence-electron chi connectivity index (χ3n) is 4.01. The normalized spacial score (nSPS) is 10.8. The van der Waals surface area contributed by atoms with Crippen LogP contribution in [0.3, 0.4) is 0 Å². The number of phenols is 1. The zero-order chi connectivity index (χ0) is 18.0. The number of carbonyl (C=O) groups excluding carboxylic acids is 1. The molecule has 0 unspecified atom stereocenters. The maximum absolute atomic E-state index is 12.9. The number of fused-ring (bicyclic) bond motifs is 1. The highest BCUT2D eigenvalue weighted by atomic mass is 19.1. The number of carbonyl (C=O) groups is 1. The van der Waals surface area contributed by atoms with E-state index in [0.717, 1.165) is 5.56 Å². The highest BCUT2D eigenvalue weighted by Crippen LogP contribution is 2.23. The summed E-state index contributed by atoms with van der Waals surface area (Å²) in [5.41, 5.74) is 1.34. The second-order valence-corrected chi connectivity index (χ2v) is 5.75. The number of benzene rings is 2. The summed E-state index contributed by atoms with van der Waals surface area (Å²) >= 11 is 0. The molecule has 1 amide bonds. The standard InChI is InChI=1S/C19H16FNO4/c1-11-15-7-6-14(22)8-17(15)25-19(24)16(11)9-18(23)21-10-12-2-4-13(20)5-3-12/h2-8,22H,9-10H2,1H3,(H,21,23).